The van der Waals surface area contributed by atoms with E-state index in [1.54, 1.807) is 18.1 Å². The highest BCUT2D eigenvalue weighted by Crippen LogP contribution is 2.26. The molecule has 0 aromatic carbocycles. The van der Waals surface area contributed by atoms with Gasteiger partial charge in [-0.3, -0.25) is 4.99 Å². The van der Waals surface area contributed by atoms with Crippen LogP contribution in [0.1, 0.15) is 45.5 Å². The van der Waals surface area contributed by atoms with Gasteiger partial charge >= 0.3 is 0 Å². The lowest BCUT2D eigenvalue weighted by atomic mass is 9.96. The molecule has 1 saturated heterocycles. The second-order valence-corrected chi connectivity index (χ2v) is 6.13. The summed E-state index contributed by atoms with van der Waals surface area (Å²) in [6.45, 7) is 6.53. The lowest BCUT2D eigenvalue weighted by molar-refractivity contribution is 0.389. The highest BCUT2D eigenvalue weighted by molar-refractivity contribution is 8.13. The van der Waals surface area contributed by atoms with E-state index in [0.29, 0.717) is 0 Å². The van der Waals surface area contributed by atoms with Gasteiger partial charge in [0.15, 0.2) is 11.0 Å². The van der Waals surface area contributed by atoms with Gasteiger partial charge in [-0.25, -0.2) is 0 Å². The van der Waals surface area contributed by atoms with Crippen molar-refractivity contribution in [3.63, 3.8) is 0 Å². The van der Waals surface area contributed by atoms with E-state index < -0.39 is 0 Å². The van der Waals surface area contributed by atoms with Crippen LogP contribution < -0.4 is 5.32 Å². The summed E-state index contributed by atoms with van der Waals surface area (Å²) < 4.78 is 1.92. The minimum atomic E-state index is 0.0340. The maximum Gasteiger partial charge on any atom is 0.157 e. The summed E-state index contributed by atoms with van der Waals surface area (Å²) in [4.78, 5) is 4.73. The zero-order chi connectivity index (χ0) is 13.2. The topological polar surface area (TPSA) is 55.1 Å². The second-order valence-electron chi connectivity index (χ2n) is 5.05. The Hall–Kier alpha value is -1.04. The van der Waals surface area contributed by atoms with Crippen LogP contribution in [0.15, 0.2) is 11.3 Å². The molecule has 1 aliphatic heterocycles. The first-order chi connectivity index (χ1) is 8.54. The third kappa shape index (κ3) is 2.85. The lowest BCUT2D eigenvalue weighted by Crippen LogP contribution is -2.48. The van der Waals surface area contributed by atoms with E-state index in [0.717, 1.165) is 23.2 Å². The zero-order valence-corrected chi connectivity index (χ0v) is 12.3. The molecule has 2 atom stereocenters. The smallest absolute Gasteiger partial charge is 0.157 e. The van der Waals surface area contributed by atoms with Gasteiger partial charge in [-0.1, -0.05) is 18.7 Å². The molecule has 1 fully saturated rings. The Labute approximate surface area is 112 Å². The average Bonchev–Trinajstić information content (AvgIpc) is 2.76. The second kappa shape index (κ2) is 5.30. The molecular weight excluding hydrogens is 246 g/mol. The molecule has 0 radical (unpaired) electrons. The van der Waals surface area contributed by atoms with Gasteiger partial charge in [0.2, 0.25) is 0 Å². The molecule has 0 spiro atoms. The predicted octanol–water partition coefficient (Wildman–Crippen LogP) is 2.13. The number of rotatable bonds is 3. The maximum absolute atomic E-state index is 4.73. The SMILES string of the molecule is CCC1(C)CCSC(=NC(C)c2nncn2C)N1. The van der Waals surface area contributed by atoms with E-state index in [9.17, 15) is 0 Å². The van der Waals surface area contributed by atoms with Crippen LogP contribution in [-0.2, 0) is 7.05 Å². The molecule has 5 nitrogen and oxygen atoms in total. The average molecular weight is 267 g/mol. The van der Waals surface area contributed by atoms with Crippen molar-refractivity contribution in [3.05, 3.63) is 12.2 Å². The summed E-state index contributed by atoms with van der Waals surface area (Å²) in [6.07, 6.45) is 4.01. The Bertz CT molecular complexity index is 441. The quantitative estimate of drug-likeness (QED) is 0.911. The first kappa shape index (κ1) is 13.4. The molecule has 2 rings (SSSR count). The van der Waals surface area contributed by atoms with Gasteiger partial charge in [0, 0.05) is 18.3 Å². The van der Waals surface area contributed by atoms with Crippen molar-refractivity contribution in [3.8, 4) is 0 Å². The molecule has 0 saturated carbocycles. The summed E-state index contributed by atoms with van der Waals surface area (Å²) in [5, 5.41) is 12.6. The standard InChI is InChI=1S/C12H21N5S/c1-5-12(3)6-7-18-11(15-12)14-9(2)10-16-13-8-17(10)4/h8-9H,5-7H2,1-4H3,(H,14,15). The minimum Gasteiger partial charge on any atom is -0.360 e. The third-order valence-corrected chi connectivity index (χ3v) is 4.40. The first-order valence-corrected chi connectivity index (χ1v) is 7.35. The minimum absolute atomic E-state index is 0.0340. The number of thioether (sulfide) groups is 1. The molecule has 18 heavy (non-hydrogen) atoms. The zero-order valence-electron chi connectivity index (χ0n) is 11.5. The Morgan fingerprint density at radius 3 is 3.06 bits per heavy atom. The van der Waals surface area contributed by atoms with Gasteiger partial charge in [0.05, 0.1) is 0 Å². The molecule has 0 amide bonds. The van der Waals surface area contributed by atoms with Crippen molar-refractivity contribution in [2.45, 2.75) is 45.2 Å². The molecule has 1 N–H and O–H groups in total. The number of hydrogen-bond acceptors (Lipinski definition) is 4. The van der Waals surface area contributed by atoms with Crippen LogP contribution in [0.2, 0.25) is 0 Å². The fraction of sp³-hybridized carbons (Fsp3) is 0.750. The van der Waals surface area contributed by atoms with E-state index in [4.69, 9.17) is 4.99 Å². The molecule has 0 bridgehead atoms. The van der Waals surface area contributed by atoms with Crippen LogP contribution in [0, 0.1) is 0 Å². The number of nitrogens with zero attached hydrogens (tertiary/aromatic N) is 4. The van der Waals surface area contributed by atoms with E-state index in [-0.39, 0.29) is 11.6 Å². The van der Waals surface area contributed by atoms with Crippen LogP contribution in [0.5, 0.6) is 0 Å². The number of aliphatic imine (C=N–C) groups is 1. The van der Waals surface area contributed by atoms with Gasteiger partial charge in [0.25, 0.3) is 0 Å². The molecule has 0 aliphatic carbocycles. The Kier molecular flexibility index (Phi) is 3.94. The van der Waals surface area contributed by atoms with Gasteiger partial charge in [-0.05, 0) is 26.7 Å². The van der Waals surface area contributed by atoms with Gasteiger partial charge in [0.1, 0.15) is 12.4 Å². The first-order valence-electron chi connectivity index (χ1n) is 6.37. The van der Waals surface area contributed by atoms with Gasteiger partial charge in [-0.2, -0.15) is 0 Å². The van der Waals surface area contributed by atoms with Crippen molar-refractivity contribution in [2.75, 3.05) is 5.75 Å². The van der Waals surface area contributed by atoms with Crippen molar-refractivity contribution >= 4 is 16.9 Å². The predicted molar refractivity (Wildman–Crippen MR) is 75.8 cm³/mol. The lowest BCUT2D eigenvalue weighted by Gasteiger charge is -2.35. The van der Waals surface area contributed by atoms with Gasteiger partial charge < -0.3 is 9.88 Å². The number of aryl methyl sites for hydroxylation is 1. The molecule has 1 aromatic heterocycles. The number of hydrogen-bond donors (Lipinski definition) is 1. The number of amidine groups is 1. The van der Waals surface area contributed by atoms with Crippen LogP contribution in [0.4, 0.5) is 0 Å². The summed E-state index contributed by atoms with van der Waals surface area (Å²) in [7, 11) is 1.95. The highest BCUT2D eigenvalue weighted by atomic mass is 32.2. The van der Waals surface area contributed by atoms with Crippen molar-refractivity contribution < 1.29 is 0 Å². The molecule has 1 aromatic rings. The van der Waals surface area contributed by atoms with Crippen LogP contribution in [0.3, 0.4) is 0 Å². The van der Waals surface area contributed by atoms with Crippen LogP contribution >= 0.6 is 11.8 Å². The molecule has 100 valence electrons. The molecule has 2 unspecified atom stereocenters. The molecule has 6 heteroatoms. The highest BCUT2D eigenvalue weighted by Gasteiger charge is 2.28. The Morgan fingerprint density at radius 2 is 2.44 bits per heavy atom. The van der Waals surface area contributed by atoms with Crippen LogP contribution in [-0.4, -0.2) is 31.2 Å². The van der Waals surface area contributed by atoms with Crippen molar-refractivity contribution in [1.29, 1.82) is 0 Å². The third-order valence-electron chi connectivity index (χ3n) is 3.51. The van der Waals surface area contributed by atoms with Gasteiger partial charge in [-0.15, -0.1) is 10.2 Å². The van der Waals surface area contributed by atoms with E-state index >= 15 is 0 Å². The fourth-order valence-electron chi connectivity index (χ4n) is 1.97. The molecular formula is C12H21N5S. The van der Waals surface area contributed by atoms with E-state index in [1.807, 2.05) is 11.6 Å². The normalized spacial score (nSPS) is 28.1. The summed E-state index contributed by atoms with van der Waals surface area (Å²) in [5.41, 5.74) is 0.184. The maximum atomic E-state index is 4.73. The fourth-order valence-corrected chi connectivity index (χ4v) is 3.27. The number of aromatic nitrogens is 3. The monoisotopic (exact) mass is 267 g/mol. The Morgan fingerprint density at radius 1 is 1.67 bits per heavy atom. The van der Waals surface area contributed by atoms with Crippen molar-refractivity contribution in [1.82, 2.24) is 20.1 Å². The molecule has 1 aliphatic rings. The summed E-state index contributed by atoms with van der Waals surface area (Å²) in [5.74, 6) is 2.02. The molecule has 2 heterocycles. The summed E-state index contributed by atoms with van der Waals surface area (Å²) in [6, 6.07) is 0.0340. The van der Waals surface area contributed by atoms with E-state index in [1.165, 1.54) is 6.42 Å². The van der Waals surface area contributed by atoms with Crippen LogP contribution in [0.25, 0.3) is 0 Å². The van der Waals surface area contributed by atoms with Crippen molar-refractivity contribution in [2.24, 2.45) is 12.0 Å². The Balaban J connectivity index is 2.11. The van der Waals surface area contributed by atoms with E-state index in [2.05, 4.69) is 36.3 Å². The largest absolute Gasteiger partial charge is 0.360 e. The summed E-state index contributed by atoms with van der Waals surface area (Å²) >= 11 is 1.79. The number of nitrogens with one attached hydrogen (secondary N) is 1.